The van der Waals surface area contributed by atoms with E-state index in [9.17, 15) is 9.18 Å². The highest BCUT2D eigenvalue weighted by Crippen LogP contribution is 2.36. The zero-order valence-corrected chi connectivity index (χ0v) is 16.0. The third kappa shape index (κ3) is 5.76. The van der Waals surface area contributed by atoms with Gasteiger partial charge in [0, 0.05) is 12.3 Å². The highest BCUT2D eigenvalue weighted by Gasteiger charge is 2.30. The van der Waals surface area contributed by atoms with E-state index in [4.69, 9.17) is 10.5 Å². The molecule has 1 aliphatic carbocycles. The first-order valence-corrected chi connectivity index (χ1v) is 9.94. The van der Waals surface area contributed by atoms with E-state index in [1.165, 1.54) is 12.1 Å². The molecule has 3 N–H and O–H groups in total. The van der Waals surface area contributed by atoms with Crippen molar-refractivity contribution in [2.45, 2.75) is 38.1 Å². The molecule has 1 atom stereocenters. The van der Waals surface area contributed by atoms with Crippen molar-refractivity contribution in [3.05, 3.63) is 60.2 Å². The number of hydrogen-bond acceptors (Lipinski definition) is 4. The van der Waals surface area contributed by atoms with Crippen molar-refractivity contribution in [2.24, 2.45) is 17.6 Å². The van der Waals surface area contributed by atoms with Gasteiger partial charge in [0.2, 0.25) is 5.91 Å². The topological polar surface area (TPSA) is 77.2 Å². The first kappa shape index (κ1) is 20.3. The van der Waals surface area contributed by atoms with Gasteiger partial charge in [0.25, 0.3) is 0 Å². The highest BCUT2D eigenvalue weighted by atomic mass is 19.1. The van der Waals surface area contributed by atoms with Gasteiger partial charge in [-0.25, -0.2) is 4.39 Å². The number of benzene rings is 1. The normalized spacial score (nSPS) is 20.4. The maximum atomic E-state index is 13.2. The van der Waals surface area contributed by atoms with Gasteiger partial charge in [0.1, 0.15) is 11.6 Å². The van der Waals surface area contributed by atoms with Crippen LogP contribution in [0.1, 0.15) is 43.8 Å². The Morgan fingerprint density at radius 1 is 1.21 bits per heavy atom. The van der Waals surface area contributed by atoms with Crippen molar-refractivity contribution in [3.63, 3.8) is 0 Å². The maximum Gasteiger partial charge on any atom is 0.223 e. The summed E-state index contributed by atoms with van der Waals surface area (Å²) in [5.74, 6) is 0.911. The van der Waals surface area contributed by atoms with Crippen LogP contribution >= 0.6 is 0 Å². The second kappa shape index (κ2) is 10.2. The molecule has 1 heterocycles. The summed E-state index contributed by atoms with van der Waals surface area (Å²) in [7, 11) is 0. The maximum absolute atomic E-state index is 13.2. The molecule has 0 bridgehead atoms. The fourth-order valence-electron chi connectivity index (χ4n) is 3.81. The van der Waals surface area contributed by atoms with Gasteiger partial charge in [-0.3, -0.25) is 9.78 Å². The van der Waals surface area contributed by atoms with E-state index in [-0.39, 0.29) is 30.8 Å². The third-order valence-electron chi connectivity index (χ3n) is 5.41. The number of amides is 1. The van der Waals surface area contributed by atoms with E-state index >= 15 is 0 Å². The third-order valence-corrected chi connectivity index (χ3v) is 5.41. The van der Waals surface area contributed by atoms with Gasteiger partial charge >= 0.3 is 0 Å². The van der Waals surface area contributed by atoms with E-state index in [1.807, 2.05) is 18.2 Å². The SMILES string of the molecule is NCC1CCC([C@@H](NC(=O)CCOc2cccc(F)c2)c2ccccn2)CC1. The molecule has 3 rings (SSSR count). The van der Waals surface area contributed by atoms with Crippen molar-refractivity contribution in [3.8, 4) is 5.75 Å². The second-order valence-electron chi connectivity index (χ2n) is 7.37. The number of carbonyl (C=O) groups is 1. The fourth-order valence-corrected chi connectivity index (χ4v) is 3.81. The van der Waals surface area contributed by atoms with Crippen LogP contribution in [0, 0.1) is 17.7 Å². The Kier molecular flexibility index (Phi) is 7.37. The fraction of sp³-hybridized carbons (Fsp3) is 0.455. The Labute approximate surface area is 165 Å². The van der Waals surface area contributed by atoms with Crippen LogP contribution in [0.15, 0.2) is 48.7 Å². The van der Waals surface area contributed by atoms with Crippen LogP contribution in [0.4, 0.5) is 4.39 Å². The molecule has 1 saturated carbocycles. The molecule has 1 aromatic heterocycles. The monoisotopic (exact) mass is 385 g/mol. The molecule has 0 aliphatic heterocycles. The van der Waals surface area contributed by atoms with Crippen LogP contribution in [0.5, 0.6) is 5.75 Å². The molecule has 0 radical (unpaired) electrons. The van der Waals surface area contributed by atoms with Crippen LogP contribution in [0.2, 0.25) is 0 Å². The number of halogens is 1. The summed E-state index contributed by atoms with van der Waals surface area (Å²) >= 11 is 0. The Hall–Kier alpha value is -2.47. The lowest BCUT2D eigenvalue weighted by Crippen LogP contribution is -2.36. The van der Waals surface area contributed by atoms with E-state index in [0.29, 0.717) is 17.6 Å². The number of ether oxygens (including phenoxy) is 1. The molecule has 0 unspecified atom stereocenters. The van der Waals surface area contributed by atoms with Crippen molar-refractivity contribution < 1.29 is 13.9 Å². The zero-order chi connectivity index (χ0) is 19.8. The molecule has 150 valence electrons. The van der Waals surface area contributed by atoms with Gasteiger partial charge in [-0.2, -0.15) is 0 Å². The quantitative estimate of drug-likeness (QED) is 0.728. The molecule has 5 nitrogen and oxygen atoms in total. The Bertz CT molecular complexity index is 748. The zero-order valence-electron chi connectivity index (χ0n) is 16.0. The number of carbonyl (C=O) groups excluding carboxylic acids is 1. The van der Waals surface area contributed by atoms with Gasteiger partial charge in [-0.1, -0.05) is 12.1 Å². The Balaban J connectivity index is 1.57. The minimum Gasteiger partial charge on any atom is -0.493 e. The van der Waals surface area contributed by atoms with Gasteiger partial charge in [-0.05, 0) is 68.3 Å². The van der Waals surface area contributed by atoms with Gasteiger partial charge < -0.3 is 15.8 Å². The van der Waals surface area contributed by atoms with Crippen LogP contribution in [-0.2, 0) is 4.79 Å². The molecule has 1 aliphatic rings. The lowest BCUT2D eigenvalue weighted by Gasteiger charge is -2.33. The van der Waals surface area contributed by atoms with E-state index in [2.05, 4.69) is 10.3 Å². The van der Waals surface area contributed by atoms with Gasteiger partial charge in [0.05, 0.1) is 24.8 Å². The summed E-state index contributed by atoms with van der Waals surface area (Å²) in [5, 5.41) is 3.15. The first-order valence-electron chi connectivity index (χ1n) is 9.94. The second-order valence-corrected chi connectivity index (χ2v) is 7.37. The van der Waals surface area contributed by atoms with E-state index < -0.39 is 0 Å². The molecular weight excluding hydrogens is 357 g/mol. The molecule has 1 fully saturated rings. The summed E-state index contributed by atoms with van der Waals surface area (Å²) in [4.78, 5) is 17.0. The molecular formula is C22H28FN3O2. The standard InChI is InChI=1S/C22H28FN3O2/c23-18-4-3-5-19(14-18)28-13-11-21(27)26-22(20-6-1-2-12-25-20)17-9-7-16(15-24)8-10-17/h1-6,12,14,16-17,22H,7-11,13,15,24H2,(H,26,27)/t16?,17?,22-/m1/s1. The summed E-state index contributed by atoms with van der Waals surface area (Å²) in [6, 6.07) is 11.6. The first-order chi connectivity index (χ1) is 13.7. The van der Waals surface area contributed by atoms with Crippen molar-refractivity contribution in [1.82, 2.24) is 10.3 Å². The predicted octanol–water partition coefficient (Wildman–Crippen LogP) is 3.61. The number of hydrogen-bond donors (Lipinski definition) is 2. The van der Waals surface area contributed by atoms with Crippen molar-refractivity contribution in [2.75, 3.05) is 13.2 Å². The van der Waals surface area contributed by atoms with Gasteiger partial charge in [-0.15, -0.1) is 0 Å². The Morgan fingerprint density at radius 2 is 2.04 bits per heavy atom. The summed E-state index contributed by atoms with van der Waals surface area (Å²) in [5.41, 5.74) is 6.70. The average molecular weight is 385 g/mol. The molecule has 1 aromatic carbocycles. The lowest BCUT2D eigenvalue weighted by atomic mass is 9.77. The minimum absolute atomic E-state index is 0.0898. The van der Waals surface area contributed by atoms with Crippen LogP contribution in [0.25, 0.3) is 0 Å². The number of aromatic nitrogens is 1. The number of nitrogens with zero attached hydrogens (tertiary/aromatic N) is 1. The molecule has 6 heteroatoms. The lowest BCUT2D eigenvalue weighted by molar-refractivity contribution is -0.122. The predicted molar refractivity (Wildman–Crippen MR) is 106 cm³/mol. The average Bonchev–Trinajstić information content (AvgIpc) is 2.73. The molecule has 0 spiro atoms. The van der Waals surface area contributed by atoms with Crippen LogP contribution in [-0.4, -0.2) is 24.0 Å². The number of nitrogens with one attached hydrogen (secondary N) is 1. The van der Waals surface area contributed by atoms with E-state index in [1.54, 1.807) is 18.3 Å². The number of pyridine rings is 1. The number of nitrogens with two attached hydrogens (primary N) is 1. The van der Waals surface area contributed by atoms with E-state index in [0.717, 1.165) is 37.9 Å². The Morgan fingerprint density at radius 3 is 2.71 bits per heavy atom. The number of rotatable bonds is 8. The smallest absolute Gasteiger partial charge is 0.223 e. The summed E-state index contributed by atoms with van der Waals surface area (Å²) < 4.78 is 18.7. The summed E-state index contributed by atoms with van der Waals surface area (Å²) in [6.45, 7) is 0.925. The molecule has 2 aromatic rings. The largest absolute Gasteiger partial charge is 0.493 e. The van der Waals surface area contributed by atoms with Crippen molar-refractivity contribution >= 4 is 5.91 Å². The van der Waals surface area contributed by atoms with Crippen LogP contribution in [0.3, 0.4) is 0 Å². The van der Waals surface area contributed by atoms with Crippen LogP contribution < -0.4 is 15.8 Å². The summed E-state index contributed by atoms with van der Waals surface area (Å²) in [6.07, 6.45) is 6.20. The molecule has 28 heavy (non-hydrogen) atoms. The highest BCUT2D eigenvalue weighted by molar-refractivity contribution is 5.76. The van der Waals surface area contributed by atoms with Crippen molar-refractivity contribution in [1.29, 1.82) is 0 Å². The molecule has 1 amide bonds. The minimum atomic E-state index is -0.356. The van der Waals surface area contributed by atoms with Gasteiger partial charge in [0.15, 0.2) is 0 Å². The molecule has 0 saturated heterocycles.